The van der Waals surface area contributed by atoms with Crippen molar-refractivity contribution in [2.24, 2.45) is 5.41 Å². The lowest BCUT2D eigenvalue weighted by molar-refractivity contribution is 0.0965. The largest absolute Gasteiger partial charge is 0.383 e. The molecule has 0 spiro atoms. The minimum Gasteiger partial charge on any atom is -0.383 e. The van der Waals surface area contributed by atoms with Crippen LogP contribution in [0.25, 0.3) is 10.9 Å². The Morgan fingerprint density at radius 3 is 2.70 bits per heavy atom. The molecular weight excluding hydrogens is 502 g/mol. The fraction of sp³-hybridized carbons (Fsp3) is 0.333. The second-order valence-electron chi connectivity index (χ2n) is 11.7. The van der Waals surface area contributed by atoms with Crippen molar-refractivity contribution in [2.75, 3.05) is 17.2 Å². The highest BCUT2D eigenvalue weighted by molar-refractivity contribution is 6.00. The average Bonchev–Trinajstić information content (AvgIpc) is 3.55. The molecule has 3 aromatic rings. The topological polar surface area (TPSA) is 141 Å². The molecule has 1 amide bonds. The number of nitrogens with zero attached hydrogens (tertiary/aromatic N) is 4. The zero-order valence-corrected chi connectivity index (χ0v) is 22.7. The summed E-state index contributed by atoms with van der Waals surface area (Å²) in [5.74, 6) is -0.0798. The van der Waals surface area contributed by atoms with Gasteiger partial charge < -0.3 is 21.4 Å². The first-order valence-corrected chi connectivity index (χ1v) is 13.4. The lowest BCUT2D eigenvalue weighted by Gasteiger charge is -2.24. The van der Waals surface area contributed by atoms with Gasteiger partial charge in [-0.05, 0) is 47.6 Å². The van der Waals surface area contributed by atoms with Crippen molar-refractivity contribution in [3.63, 3.8) is 0 Å². The number of fused-ring (bicyclic) bond motifs is 2. The Labute approximate surface area is 233 Å². The average molecular weight is 534 g/mol. The van der Waals surface area contributed by atoms with Gasteiger partial charge in [0.2, 0.25) is 0 Å². The summed E-state index contributed by atoms with van der Waals surface area (Å²) in [4.78, 5) is 16.9. The van der Waals surface area contributed by atoms with E-state index >= 15 is 0 Å². The van der Waals surface area contributed by atoms with E-state index in [1.54, 1.807) is 6.07 Å². The number of hydrogen-bond donors (Lipinski definition) is 5. The number of amides is 1. The van der Waals surface area contributed by atoms with Crippen LogP contribution in [0.3, 0.4) is 0 Å². The molecule has 0 bridgehead atoms. The highest BCUT2D eigenvalue weighted by Gasteiger charge is 2.34. The zero-order chi connectivity index (χ0) is 28.0. The van der Waals surface area contributed by atoms with Crippen LogP contribution in [0.2, 0.25) is 0 Å². The first-order chi connectivity index (χ1) is 19.3. The number of benzene rings is 2. The Morgan fingerprint density at radius 2 is 1.98 bits per heavy atom. The van der Waals surface area contributed by atoms with Crippen molar-refractivity contribution in [3.05, 3.63) is 76.2 Å². The van der Waals surface area contributed by atoms with Crippen molar-refractivity contribution in [1.29, 1.82) is 10.5 Å². The van der Waals surface area contributed by atoms with E-state index in [0.29, 0.717) is 58.1 Å². The van der Waals surface area contributed by atoms with E-state index in [4.69, 9.17) is 0 Å². The molecule has 10 heteroatoms. The van der Waals surface area contributed by atoms with Crippen molar-refractivity contribution >= 4 is 28.2 Å². The monoisotopic (exact) mass is 533 g/mol. The van der Waals surface area contributed by atoms with Gasteiger partial charge in [-0.1, -0.05) is 32.9 Å². The van der Waals surface area contributed by atoms with Crippen molar-refractivity contribution in [1.82, 2.24) is 26.3 Å². The zero-order valence-electron chi connectivity index (χ0n) is 22.7. The number of rotatable bonds is 7. The molecule has 3 heterocycles. The molecule has 0 unspecified atom stereocenters. The number of hydrogen-bond acceptors (Lipinski definition) is 9. The van der Waals surface area contributed by atoms with E-state index in [9.17, 15) is 15.3 Å². The smallest absolute Gasteiger partial charge is 0.251 e. The molecule has 6 rings (SSSR count). The molecule has 1 aliphatic carbocycles. The molecule has 0 radical (unpaired) electrons. The number of pyridine rings is 1. The highest BCUT2D eigenvalue weighted by atomic mass is 16.1. The van der Waals surface area contributed by atoms with Gasteiger partial charge in [0.1, 0.15) is 12.1 Å². The summed E-state index contributed by atoms with van der Waals surface area (Å²) in [5, 5.41) is 32.7. The Morgan fingerprint density at radius 1 is 1.18 bits per heavy atom. The van der Waals surface area contributed by atoms with Gasteiger partial charge in [0, 0.05) is 48.2 Å². The second kappa shape index (κ2) is 9.74. The van der Waals surface area contributed by atoms with Crippen LogP contribution in [0.4, 0.5) is 11.4 Å². The molecular formula is C30H31N9O. The lowest BCUT2D eigenvalue weighted by atomic mass is 9.94. The van der Waals surface area contributed by atoms with Gasteiger partial charge in [0.05, 0.1) is 34.1 Å². The molecule has 202 valence electrons. The Hall–Kier alpha value is -4.80. The number of carbonyl (C=O) groups is 1. The third kappa shape index (κ3) is 4.74. The Balaban J connectivity index is 1.46. The van der Waals surface area contributed by atoms with Crippen molar-refractivity contribution in [2.45, 2.75) is 52.2 Å². The first-order valence-electron chi connectivity index (χ1n) is 13.4. The lowest BCUT2D eigenvalue weighted by Crippen LogP contribution is -2.38. The highest BCUT2D eigenvalue weighted by Crippen LogP contribution is 2.37. The van der Waals surface area contributed by atoms with E-state index in [-0.39, 0.29) is 17.4 Å². The summed E-state index contributed by atoms with van der Waals surface area (Å²) in [6.45, 7) is 7.44. The molecule has 1 saturated carbocycles. The van der Waals surface area contributed by atoms with E-state index in [0.717, 1.165) is 29.7 Å². The van der Waals surface area contributed by atoms with Crippen molar-refractivity contribution < 1.29 is 4.79 Å². The molecule has 0 saturated heterocycles. The number of aromatic nitrogens is 1. The number of nitriles is 2. The Bertz CT molecular complexity index is 1640. The number of hydrazine groups is 2. The summed E-state index contributed by atoms with van der Waals surface area (Å²) in [5.41, 5.74) is 12.7. The van der Waals surface area contributed by atoms with E-state index in [2.05, 4.69) is 76.0 Å². The van der Waals surface area contributed by atoms with Gasteiger partial charge in [0.15, 0.2) is 0 Å². The molecule has 3 aliphatic rings. The summed E-state index contributed by atoms with van der Waals surface area (Å²) < 4.78 is 0. The molecule has 5 N–H and O–H groups in total. The minimum atomic E-state index is -0.346. The summed E-state index contributed by atoms with van der Waals surface area (Å²) in [7, 11) is 0. The van der Waals surface area contributed by atoms with Crippen LogP contribution in [-0.2, 0) is 6.54 Å². The standard InChI is InChI=1S/C30H31N9O/c1-30(2,3)16-35-27-18(12-32)13-33-26-17(11-31)9-19(10-23(26)27)36-28(25-15-39(38-37-25)20-7-8-20)21-5-4-6-22-24(21)14-34-29(22)40/h4-6,9-10,13,15,20,28,36-38H,7-8,14,16H2,1-3H3,(H,33,35)(H,34,40)/t28-/m0/s1. The fourth-order valence-electron chi connectivity index (χ4n) is 5.18. The second-order valence-corrected chi connectivity index (χ2v) is 11.7. The van der Waals surface area contributed by atoms with Crippen LogP contribution >= 0.6 is 0 Å². The molecule has 1 atom stereocenters. The summed E-state index contributed by atoms with van der Waals surface area (Å²) >= 11 is 0. The van der Waals surface area contributed by atoms with Gasteiger partial charge in [-0.2, -0.15) is 10.5 Å². The van der Waals surface area contributed by atoms with Gasteiger partial charge in [-0.15, -0.1) is 5.53 Å². The van der Waals surface area contributed by atoms with E-state index in [1.807, 2.05) is 24.3 Å². The molecule has 1 fully saturated rings. The predicted octanol–water partition coefficient (Wildman–Crippen LogP) is 4.16. The predicted molar refractivity (Wildman–Crippen MR) is 152 cm³/mol. The molecule has 10 nitrogen and oxygen atoms in total. The number of nitrogens with one attached hydrogen (secondary N) is 5. The third-order valence-corrected chi connectivity index (χ3v) is 7.37. The van der Waals surface area contributed by atoms with Crippen LogP contribution in [0.5, 0.6) is 0 Å². The molecule has 1 aromatic heterocycles. The minimum absolute atomic E-state index is 0.0263. The molecule has 40 heavy (non-hydrogen) atoms. The quantitative estimate of drug-likeness (QED) is 0.303. The molecule has 2 aromatic carbocycles. The first kappa shape index (κ1) is 25.5. The summed E-state index contributed by atoms with van der Waals surface area (Å²) in [6.07, 6.45) is 5.85. The van der Waals surface area contributed by atoms with Gasteiger partial charge in [-0.3, -0.25) is 14.8 Å². The van der Waals surface area contributed by atoms with Gasteiger partial charge >= 0.3 is 0 Å². The maximum atomic E-state index is 12.5. The number of carbonyl (C=O) groups excluding carboxylic acids is 1. The van der Waals surface area contributed by atoms with Crippen molar-refractivity contribution in [3.8, 4) is 12.1 Å². The third-order valence-electron chi connectivity index (χ3n) is 7.37. The molecule has 2 aliphatic heterocycles. The maximum Gasteiger partial charge on any atom is 0.251 e. The SMILES string of the molecule is CC(C)(C)CNc1c(C#N)cnc2c(C#N)cc(N[C@H](C3=CN(C4CC4)NN3)c3cccc4c3CNC4=O)cc12. The summed E-state index contributed by atoms with van der Waals surface area (Å²) in [6, 6.07) is 14.1. The van der Waals surface area contributed by atoms with Gasteiger partial charge in [0.25, 0.3) is 5.91 Å². The van der Waals surface area contributed by atoms with Crippen LogP contribution < -0.4 is 26.9 Å². The fourth-order valence-corrected chi connectivity index (χ4v) is 5.18. The normalized spacial score (nSPS) is 16.9. The Kier molecular flexibility index (Phi) is 6.21. The van der Waals surface area contributed by atoms with E-state index < -0.39 is 0 Å². The van der Waals surface area contributed by atoms with Crippen LogP contribution in [0.15, 0.2) is 48.4 Å². The van der Waals surface area contributed by atoms with Crippen LogP contribution in [0.1, 0.15) is 72.3 Å². The van der Waals surface area contributed by atoms with E-state index in [1.165, 1.54) is 6.20 Å². The van der Waals surface area contributed by atoms with Crippen LogP contribution in [-0.4, -0.2) is 28.5 Å². The van der Waals surface area contributed by atoms with Gasteiger partial charge in [-0.25, -0.2) is 0 Å². The maximum absolute atomic E-state index is 12.5. The van der Waals surface area contributed by atoms with Crippen LogP contribution in [0, 0.1) is 28.1 Å². The number of anilines is 2.